The number of hydrogen-bond acceptors (Lipinski definition) is 1. The van der Waals surface area contributed by atoms with Crippen LogP contribution in [0.2, 0.25) is 0 Å². The van der Waals surface area contributed by atoms with Gasteiger partial charge in [-0.25, -0.2) is 0 Å². The van der Waals surface area contributed by atoms with Crippen LogP contribution in [0.25, 0.3) is 0 Å². The van der Waals surface area contributed by atoms with E-state index < -0.39 is 0 Å². The Labute approximate surface area is 127 Å². The lowest BCUT2D eigenvalue weighted by Crippen LogP contribution is -1.79. The maximum Gasteiger partial charge on any atom is -0.00271 e. The van der Waals surface area contributed by atoms with Crippen molar-refractivity contribution in [2.45, 2.75) is 61.8 Å². The molecule has 0 aliphatic rings. The first-order chi connectivity index (χ1) is 9.35. The van der Waals surface area contributed by atoms with E-state index in [2.05, 4.69) is 64.7 Å². The van der Waals surface area contributed by atoms with E-state index in [-0.39, 0.29) is 0 Å². The van der Waals surface area contributed by atoms with Crippen molar-refractivity contribution in [1.82, 2.24) is 0 Å². The van der Waals surface area contributed by atoms with E-state index in [1.807, 2.05) is 26.8 Å². The van der Waals surface area contributed by atoms with Gasteiger partial charge in [-0.1, -0.05) is 42.4 Å². The summed E-state index contributed by atoms with van der Waals surface area (Å²) in [5.41, 5.74) is 9.02. The third-order valence-corrected chi connectivity index (χ3v) is 1.88. The van der Waals surface area contributed by atoms with Gasteiger partial charge in [0.2, 0.25) is 0 Å². The van der Waals surface area contributed by atoms with Crippen LogP contribution in [-0.2, 0) is 0 Å². The van der Waals surface area contributed by atoms with E-state index in [1.165, 1.54) is 11.1 Å². The lowest BCUT2D eigenvalue weighted by molar-refractivity contribution is 1.21. The molecule has 0 fully saturated rings. The van der Waals surface area contributed by atoms with Crippen molar-refractivity contribution in [2.75, 3.05) is 0 Å². The van der Waals surface area contributed by atoms with Crippen molar-refractivity contribution >= 4 is 0 Å². The van der Waals surface area contributed by atoms with Crippen LogP contribution in [0.5, 0.6) is 0 Å². The molecule has 1 nitrogen and oxygen atoms in total. The molecular weight excluding hydrogens is 242 g/mol. The monoisotopic (exact) mass is 275 g/mol. The van der Waals surface area contributed by atoms with Gasteiger partial charge in [-0.3, -0.25) is 0 Å². The Kier molecular flexibility index (Phi) is 23.0. The molecule has 0 saturated heterocycles. The second-order valence-corrected chi connectivity index (χ2v) is 4.71. The molecule has 0 aliphatic heterocycles. The van der Waals surface area contributed by atoms with E-state index in [4.69, 9.17) is 5.73 Å². The fourth-order valence-corrected chi connectivity index (χ4v) is 0.693. The standard InChI is InChI=1S/C8H14.C7H13N.C4H6/c1-7(2)5-6-8(3)4;1-3-4-5-7(2)6-8;1-3-4-2/h5-6H,1-4H3;4-6H,3,8H2,1-2H3;1-2H3/b;5-4-,7-6-;. The Hall–Kier alpha value is -1.68. The van der Waals surface area contributed by atoms with Gasteiger partial charge in [0.1, 0.15) is 0 Å². The van der Waals surface area contributed by atoms with Gasteiger partial charge in [0, 0.05) is 0 Å². The van der Waals surface area contributed by atoms with Gasteiger partial charge >= 0.3 is 0 Å². The van der Waals surface area contributed by atoms with Crippen molar-refractivity contribution in [3.05, 3.63) is 47.2 Å². The van der Waals surface area contributed by atoms with Gasteiger partial charge in [0.05, 0.1) is 0 Å². The van der Waals surface area contributed by atoms with Crippen LogP contribution in [0, 0.1) is 11.8 Å². The highest BCUT2D eigenvalue weighted by atomic mass is 14.5. The minimum atomic E-state index is 1.07. The quantitative estimate of drug-likeness (QED) is 0.514. The minimum absolute atomic E-state index is 1.07. The summed E-state index contributed by atoms with van der Waals surface area (Å²) in [5, 5.41) is 0. The summed E-state index contributed by atoms with van der Waals surface area (Å²) in [6.45, 7) is 16.1. The van der Waals surface area contributed by atoms with Crippen LogP contribution >= 0.6 is 0 Å². The Bertz CT molecular complexity index is 352. The van der Waals surface area contributed by atoms with Gasteiger partial charge in [0.25, 0.3) is 0 Å². The zero-order valence-corrected chi connectivity index (χ0v) is 14.7. The fourth-order valence-electron chi connectivity index (χ4n) is 0.693. The third-order valence-electron chi connectivity index (χ3n) is 1.88. The third kappa shape index (κ3) is 36.0. The molecule has 0 amide bonds. The zero-order chi connectivity index (χ0) is 16.4. The Morgan fingerprint density at radius 2 is 1.30 bits per heavy atom. The van der Waals surface area contributed by atoms with Crippen molar-refractivity contribution in [3.8, 4) is 11.8 Å². The normalized spacial score (nSPS) is 9.10. The Morgan fingerprint density at radius 3 is 1.50 bits per heavy atom. The Balaban J connectivity index is -0.000000230. The summed E-state index contributed by atoms with van der Waals surface area (Å²) in [6, 6.07) is 0. The average Bonchev–Trinajstić information content (AvgIpc) is 2.43. The Morgan fingerprint density at radius 1 is 0.900 bits per heavy atom. The maximum absolute atomic E-state index is 5.20. The molecule has 0 spiro atoms. The zero-order valence-electron chi connectivity index (χ0n) is 14.7. The summed E-state index contributed by atoms with van der Waals surface area (Å²) in [7, 11) is 0. The molecule has 114 valence electrons. The molecule has 0 aliphatic carbocycles. The van der Waals surface area contributed by atoms with Crippen LogP contribution in [0.4, 0.5) is 0 Å². The van der Waals surface area contributed by atoms with Crippen LogP contribution < -0.4 is 5.73 Å². The summed E-state index contributed by atoms with van der Waals surface area (Å²) >= 11 is 0. The highest BCUT2D eigenvalue weighted by Gasteiger charge is 1.73. The lowest BCUT2D eigenvalue weighted by atomic mass is 10.2. The minimum Gasteiger partial charge on any atom is -0.404 e. The van der Waals surface area contributed by atoms with Gasteiger partial charge in [-0.2, -0.15) is 0 Å². The molecule has 1 heteroatoms. The van der Waals surface area contributed by atoms with E-state index >= 15 is 0 Å². The second-order valence-electron chi connectivity index (χ2n) is 4.71. The summed E-state index contributed by atoms with van der Waals surface area (Å²) in [5.74, 6) is 5.36. The molecule has 0 aromatic carbocycles. The SMILES string of the molecule is CC#CC.CC(C)=CC=C(C)C.CC/C=C\C(C)=C/N. The first-order valence-electron chi connectivity index (χ1n) is 7.02. The van der Waals surface area contributed by atoms with Crippen LogP contribution in [0.1, 0.15) is 61.8 Å². The second kappa shape index (κ2) is 19.7. The van der Waals surface area contributed by atoms with Gasteiger partial charge in [0.15, 0.2) is 0 Å². The van der Waals surface area contributed by atoms with Crippen molar-refractivity contribution in [2.24, 2.45) is 5.73 Å². The average molecular weight is 275 g/mol. The van der Waals surface area contributed by atoms with E-state index in [1.54, 1.807) is 6.20 Å². The van der Waals surface area contributed by atoms with Crippen molar-refractivity contribution < 1.29 is 0 Å². The van der Waals surface area contributed by atoms with Gasteiger partial charge < -0.3 is 5.73 Å². The molecule has 0 aromatic heterocycles. The molecular formula is C19H33N. The maximum atomic E-state index is 5.20. The van der Waals surface area contributed by atoms with Gasteiger partial charge in [-0.15, -0.1) is 11.8 Å². The molecule has 0 atom stereocenters. The molecule has 0 bridgehead atoms. The molecule has 0 heterocycles. The van der Waals surface area contributed by atoms with Crippen molar-refractivity contribution in [3.63, 3.8) is 0 Å². The van der Waals surface area contributed by atoms with E-state index in [0.29, 0.717) is 0 Å². The molecule has 0 saturated carbocycles. The summed E-state index contributed by atoms with van der Waals surface area (Å²) in [4.78, 5) is 0. The highest BCUT2D eigenvalue weighted by Crippen LogP contribution is 1.93. The molecule has 0 radical (unpaired) electrons. The van der Waals surface area contributed by atoms with Crippen LogP contribution in [-0.4, -0.2) is 0 Å². The lowest BCUT2D eigenvalue weighted by Gasteiger charge is -1.84. The topological polar surface area (TPSA) is 26.0 Å². The molecule has 0 unspecified atom stereocenters. The molecule has 20 heavy (non-hydrogen) atoms. The highest BCUT2D eigenvalue weighted by molar-refractivity contribution is 5.13. The predicted octanol–water partition coefficient (Wildman–Crippen LogP) is 5.76. The first-order valence-corrected chi connectivity index (χ1v) is 7.02. The smallest absolute Gasteiger partial charge is 0.00271 e. The fraction of sp³-hybridized carbons (Fsp3) is 0.474. The molecule has 0 rings (SSSR count). The molecule has 0 aromatic rings. The first kappa shape index (κ1) is 23.4. The summed E-state index contributed by atoms with van der Waals surface area (Å²) < 4.78 is 0. The summed E-state index contributed by atoms with van der Waals surface area (Å²) in [6.07, 6.45) is 11.0. The van der Waals surface area contributed by atoms with E-state index in [0.717, 1.165) is 12.0 Å². The van der Waals surface area contributed by atoms with Gasteiger partial charge in [-0.05, 0) is 66.7 Å². The van der Waals surface area contributed by atoms with Crippen LogP contribution in [0.15, 0.2) is 47.2 Å². The van der Waals surface area contributed by atoms with E-state index in [9.17, 15) is 0 Å². The largest absolute Gasteiger partial charge is 0.404 e. The molecule has 2 N–H and O–H groups in total. The number of allylic oxidation sites excluding steroid dienone is 7. The number of rotatable bonds is 3. The number of hydrogen-bond donors (Lipinski definition) is 1. The predicted molar refractivity (Wildman–Crippen MR) is 95.4 cm³/mol. The van der Waals surface area contributed by atoms with Crippen molar-refractivity contribution in [1.29, 1.82) is 0 Å². The number of nitrogens with two attached hydrogens (primary N) is 1. The van der Waals surface area contributed by atoms with Crippen LogP contribution in [0.3, 0.4) is 0 Å².